The first-order valence-electron chi connectivity index (χ1n) is 7.18. The summed E-state index contributed by atoms with van der Waals surface area (Å²) in [5, 5.41) is 0. The van der Waals surface area contributed by atoms with E-state index in [1.165, 1.54) is 6.42 Å². The molecule has 0 heteroatoms. The van der Waals surface area contributed by atoms with Crippen LogP contribution in [-0.4, -0.2) is 0 Å². The van der Waals surface area contributed by atoms with E-state index < -0.39 is 0 Å². The Morgan fingerprint density at radius 1 is 0.952 bits per heavy atom. The summed E-state index contributed by atoms with van der Waals surface area (Å²) in [6.07, 6.45) is 10.6. The van der Waals surface area contributed by atoms with E-state index in [9.17, 15) is 0 Å². The topological polar surface area (TPSA) is 0 Å². The first kappa shape index (κ1) is 18.7. The third-order valence-corrected chi connectivity index (χ3v) is 2.58. The monoisotopic (exact) mass is 278 g/mol. The van der Waals surface area contributed by atoms with Gasteiger partial charge in [-0.1, -0.05) is 107 Å². The molecule has 1 aromatic rings. The molecule has 21 heavy (non-hydrogen) atoms. The predicted molar refractivity (Wildman–Crippen MR) is 98.2 cm³/mol. The van der Waals surface area contributed by atoms with Crippen LogP contribution in [0.1, 0.15) is 25.8 Å². The van der Waals surface area contributed by atoms with Crippen molar-refractivity contribution in [1.29, 1.82) is 0 Å². The number of rotatable bonds is 6. The molecule has 0 aromatic heterocycles. The summed E-state index contributed by atoms with van der Waals surface area (Å²) in [7, 11) is 0. The Morgan fingerprint density at radius 3 is 1.95 bits per heavy atom. The van der Waals surface area contributed by atoms with Crippen LogP contribution in [0.3, 0.4) is 0 Å². The van der Waals surface area contributed by atoms with E-state index >= 15 is 0 Å². The van der Waals surface area contributed by atoms with Gasteiger partial charge in [-0.15, -0.1) is 0 Å². The van der Waals surface area contributed by atoms with Crippen molar-refractivity contribution >= 4 is 6.08 Å². The SMILES string of the molecule is C=CC(=C)/C(C=C)=C(C=C)\C=C\c1ccccc1.CCC. The minimum atomic E-state index is 0.845. The Kier molecular flexibility index (Phi) is 10.2. The fourth-order valence-electron chi connectivity index (χ4n) is 1.56. The average Bonchev–Trinajstić information content (AvgIpc) is 2.52. The van der Waals surface area contributed by atoms with Crippen LogP contribution < -0.4 is 0 Å². The van der Waals surface area contributed by atoms with Crippen LogP contribution in [-0.2, 0) is 0 Å². The van der Waals surface area contributed by atoms with Crippen LogP contribution >= 0.6 is 0 Å². The highest BCUT2D eigenvalue weighted by atomic mass is 14.0. The van der Waals surface area contributed by atoms with Crippen molar-refractivity contribution in [1.82, 2.24) is 0 Å². The molecule has 0 aliphatic carbocycles. The molecule has 0 radical (unpaired) electrons. The summed E-state index contributed by atoms with van der Waals surface area (Å²) >= 11 is 0. The molecule has 0 nitrogen and oxygen atoms in total. The largest absolute Gasteiger partial charge is 0.0985 e. The molecule has 0 N–H and O–H groups in total. The molecule has 0 aliphatic rings. The maximum absolute atomic E-state index is 3.94. The molecule has 0 fully saturated rings. The van der Waals surface area contributed by atoms with E-state index in [0.29, 0.717) is 0 Å². The minimum Gasteiger partial charge on any atom is -0.0985 e. The van der Waals surface area contributed by atoms with Gasteiger partial charge in [-0.3, -0.25) is 0 Å². The molecule has 0 amide bonds. The van der Waals surface area contributed by atoms with Gasteiger partial charge in [0.1, 0.15) is 0 Å². The number of allylic oxidation sites excluding steroid dienone is 7. The second-order valence-corrected chi connectivity index (χ2v) is 4.46. The molecule has 1 rings (SSSR count). The van der Waals surface area contributed by atoms with Crippen molar-refractivity contribution in [2.75, 3.05) is 0 Å². The van der Waals surface area contributed by atoms with Crippen molar-refractivity contribution in [2.24, 2.45) is 0 Å². The van der Waals surface area contributed by atoms with Gasteiger partial charge in [0.15, 0.2) is 0 Å². The van der Waals surface area contributed by atoms with Gasteiger partial charge in [-0.05, 0) is 22.3 Å². The summed E-state index contributed by atoms with van der Waals surface area (Å²) in [4.78, 5) is 0. The first-order valence-corrected chi connectivity index (χ1v) is 7.18. The highest BCUT2D eigenvalue weighted by Crippen LogP contribution is 2.18. The maximum atomic E-state index is 3.94. The zero-order valence-corrected chi connectivity index (χ0v) is 13.3. The summed E-state index contributed by atoms with van der Waals surface area (Å²) < 4.78 is 0. The molecule has 0 atom stereocenters. The Balaban J connectivity index is 0.00000122. The lowest BCUT2D eigenvalue weighted by molar-refractivity contribution is 1.09. The van der Waals surface area contributed by atoms with Crippen LogP contribution in [0, 0.1) is 0 Å². The first-order chi connectivity index (χ1) is 10.1. The molecule has 0 bridgehead atoms. The molecule has 0 spiro atoms. The van der Waals surface area contributed by atoms with E-state index in [1.807, 2.05) is 42.5 Å². The Hall–Kier alpha value is -2.34. The Morgan fingerprint density at radius 2 is 1.52 bits per heavy atom. The fourth-order valence-corrected chi connectivity index (χ4v) is 1.56. The second-order valence-electron chi connectivity index (χ2n) is 4.46. The van der Waals surface area contributed by atoms with Crippen molar-refractivity contribution in [3.05, 3.63) is 103 Å². The van der Waals surface area contributed by atoms with E-state index in [-0.39, 0.29) is 0 Å². The molecular formula is C21H26. The molecule has 0 unspecified atom stereocenters. The molecule has 110 valence electrons. The lowest BCUT2D eigenvalue weighted by Crippen LogP contribution is -1.86. The molecule has 0 saturated carbocycles. The quantitative estimate of drug-likeness (QED) is 0.519. The lowest BCUT2D eigenvalue weighted by Gasteiger charge is -2.05. The van der Waals surface area contributed by atoms with Gasteiger partial charge >= 0.3 is 0 Å². The maximum Gasteiger partial charge on any atom is -0.0124 e. The summed E-state index contributed by atoms with van der Waals surface area (Å²) in [6, 6.07) is 10.1. The zero-order valence-electron chi connectivity index (χ0n) is 13.3. The van der Waals surface area contributed by atoms with Crippen LogP contribution in [0.4, 0.5) is 0 Å². The van der Waals surface area contributed by atoms with E-state index in [0.717, 1.165) is 22.3 Å². The number of hydrogen-bond acceptors (Lipinski definition) is 0. The number of benzene rings is 1. The highest BCUT2D eigenvalue weighted by molar-refractivity contribution is 5.60. The minimum absolute atomic E-state index is 0.845. The fraction of sp³-hybridized carbons (Fsp3) is 0.143. The lowest BCUT2D eigenvalue weighted by atomic mass is 10.00. The van der Waals surface area contributed by atoms with Gasteiger partial charge in [0.25, 0.3) is 0 Å². The van der Waals surface area contributed by atoms with Gasteiger partial charge < -0.3 is 0 Å². The smallest absolute Gasteiger partial charge is 0.0124 e. The van der Waals surface area contributed by atoms with Crippen molar-refractivity contribution in [3.63, 3.8) is 0 Å². The third-order valence-electron chi connectivity index (χ3n) is 2.58. The summed E-state index contributed by atoms with van der Waals surface area (Å²) in [5.41, 5.74) is 3.92. The normalized spacial score (nSPS) is 11.0. The molecule has 1 aromatic carbocycles. The third kappa shape index (κ3) is 7.12. The van der Waals surface area contributed by atoms with Crippen LogP contribution in [0.5, 0.6) is 0 Å². The molecule has 0 aliphatic heterocycles. The molecular weight excluding hydrogens is 252 g/mol. The number of hydrogen-bond donors (Lipinski definition) is 0. The summed E-state index contributed by atoms with van der Waals surface area (Å²) in [5.74, 6) is 0. The predicted octanol–water partition coefficient (Wildman–Crippen LogP) is 6.53. The van der Waals surface area contributed by atoms with Gasteiger partial charge in [0.2, 0.25) is 0 Å². The Labute approximate surface area is 130 Å². The van der Waals surface area contributed by atoms with Crippen LogP contribution in [0.2, 0.25) is 0 Å². The van der Waals surface area contributed by atoms with Crippen LogP contribution in [0.15, 0.2) is 97.7 Å². The van der Waals surface area contributed by atoms with E-state index in [1.54, 1.807) is 18.2 Å². The van der Waals surface area contributed by atoms with Crippen molar-refractivity contribution in [2.45, 2.75) is 20.3 Å². The standard InChI is InChI=1S/C18H18.C3H8/c1-5-15(4)18(7-3)17(6-2)14-13-16-11-9-8-10-12-16;1-3-2/h5-14H,1-4H2;3H2,1-2H3/b14-13+,18-17-;. The highest BCUT2D eigenvalue weighted by Gasteiger charge is 1.99. The molecule has 0 heterocycles. The average molecular weight is 278 g/mol. The van der Waals surface area contributed by atoms with E-state index in [4.69, 9.17) is 0 Å². The van der Waals surface area contributed by atoms with Gasteiger partial charge in [-0.2, -0.15) is 0 Å². The van der Waals surface area contributed by atoms with Crippen molar-refractivity contribution in [3.8, 4) is 0 Å². The summed E-state index contributed by atoms with van der Waals surface area (Å²) in [6.45, 7) is 19.5. The van der Waals surface area contributed by atoms with Crippen LogP contribution in [0.25, 0.3) is 6.08 Å². The Bertz CT molecular complexity index is 524. The van der Waals surface area contributed by atoms with Gasteiger partial charge in [0, 0.05) is 0 Å². The van der Waals surface area contributed by atoms with E-state index in [2.05, 4.69) is 40.2 Å². The second kappa shape index (κ2) is 11.5. The van der Waals surface area contributed by atoms with Crippen molar-refractivity contribution < 1.29 is 0 Å². The zero-order chi connectivity index (χ0) is 16.1. The van der Waals surface area contributed by atoms with Gasteiger partial charge in [0.05, 0.1) is 0 Å². The molecule has 0 saturated heterocycles. The van der Waals surface area contributed by atoms with Gasteiger partial charge in [-0.25, -0.2) is 0 Å².